The lowest BCUT2D eigenvalue weighted by Crippen LogP contribution is -2.28. The highest BCUT2D eigenvalue weighted by Crippen LogP contribution is 2.31. The fourth-order valence-corrected chi connectivity index (χ4v) is 3.49. The maximum atomic E-state index is 12.3. The van der Waals surface area contributed by atoms with Crippen LogP contribution in [0.4, 0.5) is 11.4 Å². The first-order valence-electron chi connectivity index (χ1n) is 8.31. The molecule has 2 amide bonds. The van der Waals surface area contributed by atoms with Gasteiger partial charge in [-0.25, -0.2) is 0 Å². The van der Waals surface area contributed by atoms with Gasteiger partial charge in [0, 0.05) is 18.0 Å². The zero-order valence-electron chi connectivity index (χ0n) is 14.5. The third-order valence-corrected chi connectivity index (χ3v) is 5.02. The molecule has 9 heteroatoms. The van der Waals surface area contributed by atoms with Crippen LogP contribution in [0, 0.1) is 5.92 Å². The zero-order valence-corrected chi connectivity index (χ0v) is 16.7. The van der Waals surface area contributed by atoms with E-state index in [1.165, 1.54) is 11.0 Å². The van der Waals surface area contributed by atoms with Gasteiger partial charge in [-0.05, 0) is 30.3 Å². The second kappa shape index (κ2) is 8.82. The van der Waals surface area contributed by atoms with Crippen LogP contribution in [0.2, 0.25) is 15.1 Å². The van der Waals surface area contributed by atoms with E-state index in [0.29, 0.717) is 21.4 Å². The van der Waals surface area contributed by atoms with Crippen LogP contribution in [-0.2, 0) is 19.1 Å². The van der Waals surface area contributed by atoms with E-state index in [1.54, 1.807) is 36.4 Å². The van der Waals surface area contributed by atoms with E-state index in [0.717, 1.165) is 0 Å². The molecule has 0 saturated carbocycles. The van der Waals surface area contributed by atoms with E-state index in [9.17, 15) is 14.4 Å². The van der Waals surface area contributed by atoms with Crippen LogP contribution >= 0.6 is 34.8 Å². The van der Waals surface area contributed by atoms with E-state index < -0.39 is 24.4 Å². The number of benzene rings is 2. The first-order valence-corrected chi connectivity index (χ1v) is 9.45. The molecule has 1 aliphatic rings. The molecule has 1 heterocycles. The number of amides is 2. The van der Waals surface area contributed by atoms with Crippen molar-refractivity contribution in [2.24, 2.45) is 5.92 Å². The number of carbonyl (C=O) groups excluding carboxylic acids is 3. The van der Waals surface area contributed by atoms with Crippen molar-refractivity contribution in [1.82, 2.24) is 0 Å². The minimum absolute atomic E-state index is 0.00527. The Bertz CT molecular complexity index is 935. The monoisotopic (exact) mass is 440 g/mol. The van der Waals surface area contributed by atoms with Crippen LogP contribution in [0.5, 0.6) is 0 Å². The fraction of sp³-hybridized carbons (Fsp3) is 0.211. The average Bonchev–Trinajstić information content (AvgIpc) is 3.04. The Hall–Kier alpha value is -2.28. The summed E-state index contributed by atoms with van der Waals surface area (Å²) in [4.78, 5) is 37.9. The molecule has 6 nitrogen and oxygen atoms in total. The smallest absolute Gasteiger partial charge is 0.311 e. The predicted octanol–water partition coefficient (Wildman–Crippen LogP) is 4.18. The molecule has 0 radical (unpaired) electrons. The summed E-state index contributed by atoms with van der Waals surface area (Å²) in [5.41, 5.74) is 0.896. The lowest BCUT2D eigenvalue weighted by molar-refractivity contribution is -0.151. The lowest BCUT2D eigenvalue weighted by atomic mass is 10.1. The molecule has 0 bridgehead atoms. The molecule has 1 N–H and O–H groups in total. The SMILES string of the molecule is O=C(COC(=O)[C@H]1CC(=O)N(c2ccccc2Cl)C1)Nc1ccc(Cl)cc1Cl. The van der Waals surface area contributed by atoms with E-state index in [4.69, 9.17) is 39.5 Å². The highest BCUT2D eigenvalue weighted by molar-refractivity contribution is 6.36. The number of halogens is 3. The van der Waals surface area contributed by atoms with Crippen LogP contribution in [-0.4, -0.2) is 30.9 Å². The molecular formula is C19H15Cl3N2O4. The molecular weight excluding hydrogens is 427 g/mol. The molecule has 0 spiro atoms. The van der Waals surface area contributed by atoms with Crippen molar-refractivity contribution in [1.29, 1.82) is 0 Å². The van der Waals surface area contributed by atoms with Crippen molar-refractivity contribution in [2.75, 3.05) is 23.4 Å². The first-order chi connectivity index (χ1) is 13.3. The van der Waals surface area contributed by atoms with E-state index in [1.807, 2.05) is 0 Å². The number of para-hydroxylation sites is 1. The van der Waals surface area contributed by atoms with Crippen LogP contribution in [0.3, 0.4) is 0 Å². The number of ether oxygens (including phenoxy) is 1. The predicted molar refractivity (Wildman–Crippen MR) is 108 cm³/mol. The molecule has 0 unspecified atom stereocenters. The Morgan fingerprint density at radius 3 is 2.57 bits per heavy atom. The molecule has 146 valence electrons. The Balaban J connectivity index is 1.54. The number of anilines is 2. The summed E-state index contributed by atoms with van der Waals surface area (Å²) < 4.78 is 5.05. The largest absolute Gasteiger partial charge is 0.455 e. The summed E-state index contributed by atoms with van der Waals surface area (Å²) in [5.74, 6) is -2.08. The van der Waals surface area contributed by atoms with Crippen molar-refractivity contribution in [3.05, 3.63) is 57.5 Å². The maximum absolute atomic E-state index is 12.3. The number of carbonyl (C=O) groups is 3. The summed E-state index contributed by atoms with van der Waals surface area (Å²) in [5, 5.41) is 3.65. The van der Waals surface area contributed by atoms with Crippen molar-refractivity contribution in [2.45, 2.75) is 6.42 Å². The van der Waals surface area contributed by atoms with Crippen LogP contribution in [0.1, 0.15) is 6.42 Å². The van der Waals surface area contributed by atoms with Crippen LogP contribution in [0.15, 0.2) is 42.5 Å². The van der Waals surface area contributed by atoms with E-state index in [2.05, 4.69) is 5.32 Å². The highest BCUT2D eigenvalue weighted by atomic mass is 35.5. The third-order valence-electron chi connectivity index (χ3n) is 4.15. The molecule has 1 aliphatic heterocycles. The molecule has 1 fully saturated rings. The molecule has 1 saturated heterocycles. The minimum atomic E-state index is -0.671. The van der Waals surface area contributed by atoms with E-state index in [-0.39, 0.29) is 23.9 Å². The molecule has 3 rings (SSSR count). The first kappa shape index (κ1) is 20.5. The minimum Gasteiger partial charge on any atom is -0.455 e. The number of nitrogens with zero attached hydrogens (tertiary/aromatic N) is 1. The van der Waals surface area contributed by atoms with Crippen molar-refractivity contribution < 1.29 is 19.1 Å². The zero-order chi connectivity index (χ0) is 20.3. The van der Waals surface area contributed by atoms with Gasteiger partial charge in [0.25, 0.3) is 5.91 Å². The van der Waals surface area contributed by atoms with Gasteiger partial charge in [-0.3, -0.25) is 14.4 Å². The molecule has 0 aliphatic carbocycles. The van der Waals surface area contributed by atoms with Crippen molar-refractivity contribution >= 4 is 64.0 Å². The number of rotatable bonds is 5. The van der Waals surface area contributed by atoms with Gasteiger partial charge in [0.15, 0.2) is 6.61 Å². The van der Waals surface area contributed by atoms with Gasteiger partial charge in [-0.15, -0.1) is 0 Å². The van der Waals surface area contributed by atoms with Gasteiger partial charge in [-0.2, -0.15) is 0 Å². The van der Waals surface area contributed by atoms with Gasteiger partial charge < -0.3 is 15.0 Å². The normalized spacial score (nSPS) is 16.2. The number of hydrogen-bond donors (Lipinski definition) is 1. The number of hydrogen-bond acceptors (Lipinski definition) is 4. The number of esters is 1. The molecule has 2 aromatic carbocycles. The second-order valence-electron chi connectivity index (χ2n) is 6.14. The summed E-state index contributed by atoms with van der Waals surface area (Å²) in [7, 11) is 0. The summed E-state index contributed by atoms with van der Waals surface area (Å²) in [6.07, 6.45) is -0.00527. The average molecular weight is 442 g/mol. The fourth-order valence-electron chi connectivity index (χ4n) is 2.80. The summed E-state index contributed by atoms with van der Waals surface area (Å²) >= 11 is 17.9. The standard InChI is InChI=1S/C19H15Cl3N2O4/c20-12-5-6-15(14(22)8-12)23-17(25)10-28-19(27)11-7-18(26)24(9-11)16-4-2-1-3-13(16)21/h1-6,8,11H,7,9-10H2,(H,23,25)/t11-/m0/s1. The van der Waals surface area contributed by atoms with E-state index >= 15 is 0 Å². The highest BCUT2D eigenvalue weighted by Gasteiger charge is 2.37. The molecule has 1 atom stereocenters. The molecule has 0 aromatic heterocycles. The second-order valence-corrected chi connectivity index (χ2v) is 7.39. The quantitative estimate of drug-likeness (QED) is 0.706. The Kier molecular flexibility index (Phi) is 6.44. The summed E-state index contributed by atoms with van der Waals surface area (Å²) in [6, 6.07) is 11.5. The van der Waals surface area contributed by atoms with Gasteiger partial charge in [-0.1, -0.05) is 46.9 Å². The molecule has 2 aromatic rings. The maximum Gasteiger partial charge on any atom is 0.311 e. The third kappa shape index (κ3) is 4.76. The Morgan fingerprint density at radius 2 is 1.86 bits per heavy atom. The van der Waals surface area contributed by atoms with Gasteiger partial charge in [0.05, 0.1) is 27.3 Å². The topological polar surface area (TPSA) is 75.7 Å². The Morgan fingerprint density at radius 1 is 1.11 bits per heavy atom. The Labute approximate surface area is 176 Å². The molecule has 28 heavy (non-hydrogen) atoms. The van der Waals surface area contributed by atoms with Gasteiger partial charge >= 0.3 is 5.97 Å². The van der Waals surface area contributed by atoms with Crippen molar-refractivity contribution in [3.63, 3.8) is 0 Å². The summed E-state index contributed by atoms with van der Waals surface area (Å²) in [6.45, 7) is -0.347. The van der Waals surface area contributed by atoms with Crippen LogP contribution in [0.25, 0.3) is 0 Å². The van der Waals surface area contributed by atoms with Crippen molar-refractivity contribution in [3.8, 4) is 0 Å². The van der Waals surface area contributed by atoms with Gasteiger partial charge in [0.2, 0.25) is 5.91 Å². The number of nitrogens with one attached hydrogen (secondary N) is 1. The lowest BCUT2D eigenvalue weighted by Gasteiger charge is -2.17. The van der Waals surface area contributed by atoms with Gasteiger partial charge in [0.1, 0.15) is 0 Å². The van der Waals surface area contributed by atoms with Crippen LogP contribution < -0.4 is 10.2 Å².